The second-order valence-electron chi connectivity index (χ2n) is 8.54. The summed E-state index contributed by atoms with van der Waals surface area (Å²) < 4.78 is 38.0. The van der Waals surface area contributed by atoms with Gasteiger partial charge in [0.1, 0.15) is 6.61 Å². The second kappa shape index (κ2) is 21.7. The van der Waals surface area contributed by atoms with Gasteiger partial charge >= 0.3 is 5.97 Å². The summed E-state index contributed by atoms with van der Waals surface area (Å²) in [6.07, 6.45) is 2.01. The number of hydrogen-bond acceptors (Lipinski definition) is 9. The minimum atomic E-state index is -0.447. The average Bonchev–Trinajstić information content (AvgIpc) is 2.77. The molecule has 0 aliphatic heterocycles. The Morgan fingerprint density at radius 2 is 1.12 bits per heavy atom. The van der Waals surface area contributed by atoms with Crippen LogP contribution in [0.25, 0.3) is 0 Å². The molecule has 0 bridgehead atoms. The zero-order chi connectivity index (χ0) is 24.8. The van der Waals surface area contributed by atoms with Crippen LogP contribution in [0.5, 0.6) is 0 Å². The minimum absolute atomic E-state index is 0.120. The maximum atomic E-state index is 11.8. The van der Waals surface area contributed by atoms with Gasteiger partial charge in [0.15, 0.2) is 0 Å². The fourth-order valence-corrected chi connectivity index (χ4v) is 2.29. The van der Waals surface area contributed by atoms with E-state index in [4.69, 9.17) is 33.2 Å². The van der Waals surface area contributed by atoms with Gasteiger partial charge in [-0.15, -0.1) is 0 Å². The van der Waals surface area contributed by atoms with Crippen LogP contribution in [0.15, 0.2) is 0 Å². The maximum Gasteiger partial charge on any atom is 0.311 e. The van der Waals surface area contributed by atoms with Crippen molar-refractivity contribution in [1.29, 1.82) is 0 Å². The Labute approximate surface area is 200 Å². The lowest BCUT2D eigenvalue weighted by molar-refractivity contribution is -0.155. The highest BCUT2D eigenvalue weighted by Crippen LogP contribution is 2.21. The van der Waals surface area contributed by atoms with Crippen LogP contribution in [0.3, 0.4) is 0 Å². The third-order valence-corrected chi connectivity index (χ3v) is 4.99. The van der Waals surface area contributed by atoms with Gasteiger partial charge in [-0.25, -0.2) is 0 Å². The van der Waals surface area contributed by atoms with Gasteiger partial charge < -0.3 is 38.3 Å². The number of carbonyl (C=O) groups is 1. The van der Waals surface area contributed by atoms with Crippen molar-refractivity contribution in [1.82, 2.24) is 0 Å². The van der Waals surface area contributed by atoms with E-state index in [1.165, 1.54) is 0 Å². The maximum absolute atomic E-state index is 11.8. The van der Waals surface area contributed by atoms with Gasteiger partial charge in [-0.3, -0.25) is 4.79 Å². The Morgan fingerprint density at radius 3 is 1.55 bits per heavy atom. The van der Waals surface area contributed by atoms with Crippen molar-refractivity contribution >= 4 is 5.97 Å². The van der Waals surface area contributed by atoms with Crippen molar-refractivity contribution in [3.05, 3.63) is 0 Å². The van der Waals surface area contributed by atoms with Crippen molar-refractivity contribution in [2.24, 2.45) is 5.41 Å². The molecule has 9 nitrogen and oxygen atoms in total. The summed E-state index contributed by atoms with van der Waals surface area (Å²) in [6.45, 7) is 15.3. The van der Waals surface area contributed by atoms with E-state index >= 15 is 0 Å². The van der Waals surface area contributed by atoms with Crippen LogP contribution < -0.4 is 0 Å². The predicted octanol–water partition coefficient (Wildman–Crippen LogP) is 2.61. The van der Waals surface area contributed by atoms with Gasteiger partial charge in [-0.05, 0) is 47.0 Å². The van der Waals surface area contributed by atoms with Crippen molar-refractivity contribution in [3.8, 4) is 0 Å². The predicted molar refractivity (Wildman–Crippen MR) is 125 cm³/mol. The normalized spacial score (nSPS) is 13.8. The number of hydrogen-bond donors (Lipinski definition) is 1. The highest BCUT2D eigenvalue weighted by molar-refractivity contribution is 5.75. The smallest absolute Gasteiger partial charge is 0.311 e. The Balaban J connectivity index is 3.22. The molecule has 2 atom stereocenters. The molecule has 0 saturated carbocycles. The third-order valence-electron chi connectivity index (χ3n) is 4.99. The van der Waals surface area contributed by atoms with Crippen LogP contribution in [0.4, 0.5) is 0 Å². The summed E-state index contributed by atoms with van der Waals surface area (Å²) in [6, 6.07) is 0. The summed E-state index contributed by atoms with van der Waals surface area (Å²) >= 11 is 0. The molecule has 0 aliphatic carbocycles. The molecular weight excluding hydrogens is 432 g/mol. The molecule has 0 saturated heterocycles. The van der Waals surface area contributed by atoms with Gasteiger partial charge in [-0.2, -0.15) is 0 Å². The van der Waals surface area contributed by atoms with Crippen molar-refractivity contribution in [2.45, 2.75) is 66.1 Å². The van der Waals surface area contributed by atoms with E-state index in [0.717, 1.165) is 12.8 Å². The second-order valence-corrected chi connectivity index (χ2v) is 8.54. The van der Waals surface area contributed by atoms with E-state index < -0.39 is 5.41 Å². The van der Waals surface area contributed by atoms with Gasteiger partial charge in [0.2, 0.25) is 0 Å². The van der Waals surface area contributed by atoms with Gasteiger partial charge in [-0.1, -0.05) is 6.92 Å². The summed E-state index contributed by atoms with van der Waals surface area (Å²) in [4.78, 5) is 11.8. The molecular formula is C24H48O9. The van der Waals surface area contributed by atoms with Crippen molar-refractivity contribution in [3.63, 3.8) is 0 Å². The summed E-state index contributed by atoms with van der Waals surface area (Å²) in [5.41, 5.74) is -0.447. The van der Waals surface area contributed by atoms with E-state index in [2.05, 4.69) is 0 Å². The largest absolute Gasteiger partial charge is 0.463 e. The number of aliphatic hydroxyl groups excluding tert-OH is 1. The fourth-order valence-electron chi connectivity index (χ4n) is 2.29. The lowest BCUT2D eigenvalue weighted by Crippen LogP contribution is -2.27. The highest BCUT2D eigenvalue weighted by atomic mass is 16.6. The molecule has 0 amide bonds. The molecule has 0 heterocycles. The SMILES string of the molecule is CCC(C)(C)C(=O)OCCOCCOCCOCCOCCOCCC(C)OCCC(C)O. The Morgan fingerprint density at radius 1 is 0.697 bits per heavy atom. The van der Waals surface area contributed by atoms with Crippen LogP contribution in [0.2, 0.25) is 0 Å². The molecule has 0 aliphatic rings. The lowest BCUT2D eigenvalue weighted by atomic mass is 9.91. The van der Waals surface area contributed by atoms with Crippen LogP contribution in [-0.2, 0) is 38.0 Å². The summed E-state index contributed by atoms with van der Waals surface area (Å²) in [7, 11) is 0. The van der Waals surface area contributed by atoms with E-state index in [-0.39, 0.29) is 24.8 Å². The van der Waals surface area contributed by atoms with Gasteiger partial charge in [0, 0.05) is 13.2 Å². The zero-order valence-electron chi connectivity index (χ0n) is 21.5. The number of carbonyl (C=O) groups excluding carboxylic acids is 1. The molecule has 0 spiro atoms. The number of aliphatic hydroxyl groups is 1. The Kier molecular flexibility index (Phi) is 21.2. The molecule has 0 rings (SSSR count). The molecule has 0 fully saturated rings. The first-order valence-corrected chi connectivity index (χ1v) is 12.1. The number of ether oxygens (including phenoxy) is 7. The Hall–Kier alpha value is -0.810. The molecule has 2 unspecified atom stereocenters. The molecule has 0 aromatic rings. The van der Waals surface area contributed by atoms with E-state index in [1.807, 2.05) is 27.7 Å². The van der Waals surface area contributed by atoms with Crippen molar-refractivity contribution < 1.29 is 43.1 Å². The molecule has 9 heteroatoms. The molecule has 1 N–H and O–H groups in total. The molecule has 198 valence electrons. The van der Waals surface area contributed by atoms with E-state index in [0.29, 0.717) is 79.1 Å². The highest BCUT2D eigenvalue weighted by Gasteiger charge is 2.26. The van der Waals surface area contributed by atoms with Gasteiger partial charge in [0.25, 0.3) is 0 Å². The first-order valence-electron chi connectivity index (χ1n) is 12.1. The lowest BCUT2D eigenvalue weighted by Gasteiger charge is -2.20. The molecule has 0 aromatic heterocycles. The number of esters is 1. The van der Waals surface area contributed by atoms with E-state index in [1.54, 1.807) is 6.92 Å². The van der Waals surface area contributed by atoms with Crippen molar-refractivity contribution in [2.75, 3.05) is 79.3 Å². The first kappa shape index (κ1) is 32.2. The molecule has 0 radical (unpaired) electrons. The topological polar surface area (TPSA) is 102 Å². The standard InChI is InChI=1S/C24H48O9/c1-6-24(4,5)23(26)33-20-19-31-18-17-30-16-15-29-14-13-28-12-11-27-9-8-22(3)32-10-7-21(2)25/h21-22,25H,6-20H2,1-5H3. The van der Waals surface area contributed by atoms with Crippen LogP contribution in [-0.4, -0.2) is 103 Å². The van der Waals surface area contributed by atoms with Crippen LogP contribution in [0, 0.1) is 5.41 Å². The van der Waals surface area contributed by atoms with E-state index in [9.17, 15) is 9.90 Å². The monoisotopic (exact) mass is 480 g/mol. The van der Waals surface area contributed by atoms with Gasteiger partial charge in [0.05, 0.1) is 77.1 Å². The molecule has 33 heavy (non-hydrogen) atoms. The average molecular weight is 481 g/mol. The summed E-state index contributed by atoms with van der Waals surface area (Å²) in [5.74, 6) is -0.195. The fraction of sp³-hybridized carbons (Fsp3) is 0.958. The third kappa shape index (κ3) is 21.5. The quantitative estimate of drug-likeness (QED) is 0.165. The number of rotatable bonds is 24. The van der Waals surface area contributed by atoms with Crippen LogP contribution >= 0.6 is 0 Å². The Bertz CT molecular complexity index is 444. The van der Waals surface area contributed by atoms with Crippen LogP contribution in [0.1, 0.15) is 53.9 Å². The first-order chi connectivity index (χ1) is 15.8. The summed E-state index contributed by atoms with van der Waals surface area (Å²) in [5, 5.41) is 9.18. The zero-order valence-corrected chi connectivity index (χ0v) is 21.5. The minimum Gasteiger partial charge on any atom is -0.463 e. The molecule has 0 aromatic carbocycles.